The molecule has 2 unspecified atom stereocenters. The molecule has 0 aromatic carbocycles. The molecule has 1 aromatic heterocycles. The van der Waals surface area contributed by atoms with Crippen LogP contribution in [0.1, 0.15) is 58.6 Å². The van der Waals surface area contributed by atoms with Gasteiger partial charge < -0.3 is 5.32 Å². The second-order valence-corrected chi connectivity index (χ2v) is 7.99. The molecule has 1 heterocycles. The lowest BCUT2D eigenvalue weighted by molar-refractivity contribution is 0.214. The van der Waals surface area contributed by atoms with Gasteiger partial charge in [-0.25, -0.2) is 4.98 Å². The zero-order valence-electron chi connectivity index (χ0n) is 13.2. The Morgan fingerprint density at radius 2 is 1.90 bits per heavy atom. The number of hydrogen-bond donors (Lipinski definition) is 1. The van der Waals surface area contributed by atoms with Gasteiger partial charge in [0.05, 0.1) is 11.4 Å². The van der Waals surface area contributed by atoms with Crippen molar-refractivity contribution in [3.63, 3.8) is 0 Å². The van der Waals surface area contributed by atoms with E-state index < -0.39 is 0 Å². The minimum atomic E-state index is 0.448. The molecule has 112 valence electrons. The van der Waals surface area contributed by atoms with Crippen molar-refractivity contribution in [3.8, 4) is 0 Å². The Bertz CT molecular complexity index is 451. The molecular weight excluding hydrogens is 312 g/mol. The molecule has 0 radical (unpaired) electrons. The van der Waals surface area contributed by atoms with Gasteiger partial charge in [0.25, 0.3) is 0 Å². The van der Waals surface area contributed by atoms with Crippen molar-refractivity contribution in [3.05, 3.63) is 22.4 Å². The summed E-state index contributed by atoms with van der Waals surface area (Å²) < 4.78 is 0.911. The molecule has 2 nitrogen and oxygen atoms in total. The Morgan fingerprint density at radius 1 is 1.15 bits per heavy atom. The molecular formula is C17H27BrN2. The molecule has 1 aromatic rings. The molecule has 1 N–H and O–H groups in total. The number of pyridine rings is 1. The first-order valence-electron chi connectivity index (χ1n) is 7.76. The summed E-state index contributed by atoms with van der Waals surface area (Å²) in [4.78, 5) is 4.47. The van der Waals surface area contributed by atoms with Crippen molar-refractivity contribution >= 4 is 21.6 Å². The van der Waals surface area contributed by atoms with Gasteiger partial charge in [0, 0.05) is 6.04 Å². The van der Waals surface area contributed by atoms with Gasteiger partial charge in [-0.3, -0.25) is 0 Å². The van der Waals surface area contributed by atoms with E-state index in [4.69, 9.17) is 0 Å². The third-order valence-corrected chi connectivity index (χ3v) is 5.05. The van der Waals surface area contributed by atoms with E-state index >= 15 is 0 Å². The highest BCUT2D eigenvalue weighted by Gasteiger charge is 2.27. The van der Waals surface area contributed by atoms with Gasteiger partial charge >= 0.3 is 0 Å². The Hall–Kier alpha value is -0.570. The molecule has 0 amide bonds. The highest BCUT2D eigenvalue weighted by Crippen LogP contribution is 2.37. The van der Waals surface area contributed by atoms with Crippen molar-refractivity contribution in [1.29, 1.82) is 0 Å². The van der Waals surface area contributed by atoms with Crippen LogP contribution >= 0.6 is 15.9 Å². The predicted octanol–water partition coefficient (Wildman–Crippen LogP) is 5.56. The van der Waals surface area contributed by atoms with E-state index in [1.807, 2.05) is 6.07 Å². The average Bonchev–Trinajstić information content (AvgIpc) is 2.58. The predicted molar refractivity (Wildman–Crippen MR) is 90.1 cm³/mol. The second-order valence-electron chi connectivity index (χ2n) is 7.18. The fraction of sp³-hybridized carbons (Fsp3) is 0.706. The molecule has 1 aliphatic carbocycles. The molecule has 0 bridgehead atoms. The van der Waals surface area contributed by atoms with Crippen molar-refractivity contribution in [2.45, 2.75) is 65.8 Å². The summed E-state index contributed by atoms with van der Waals surface area (Å²) in [5, 5.41) is 3.71. The normalized spacial score (nSPS) is 24.2. The van der Waals surface area contributed by atoms with Crippen LogP contribution in [0.2, 0.25) is 0 Å². The minimum Gasteiger partial charge on any atom is -0.381 e. The van der Waals surface area contributed by atoms with Crippen LogP contribution in [0, 0.1) is 18.3 Å². The number of rotatable bonds is 2. The Labute approximate surface area is 131 Å². The third-order valence-electron chi connectivity index (χ3n) is 4.60. The topological polar surface area (TPSA) is 24.9 Å². The summed E-state index contributed by atoms with van der Waals surface area (Å²) in [6, 6.07) is 4.76. The van der Waals surface area contributed by atoms with Crippen LogP contribution in [0.25, 0.3) is 0 Å². The summed E-state index contributed by atoms with van der Waals surface area (Å²) in [5.41, 5.74) is 2.72. The molecule has 1 saturated carbocycles. The van der Waals surface area contributed by atoms with Crippen LogP contribution in [0.3, 0.4) is 0 Å². The summed E-state index contributed by atoms with van der Waals surface area (Å²) in [6.45, 7) is 9.22. The lowest BCUT2D eigenvalue weighted by atomic mass is 9.76. The first-order valence-corrected chi connectivity index (χ1v) is 8.55. The van der Waals surface area contributed by atoms with E-state index in [1.165, 1.54) is 37.8 Å². The molecule has 1 fully saturated rings. The maximum atomic E-state index is 4.47. The van der Waals surface area contributed by atoms with Gasteiger partial charge in [-0.2, -0.15) is 0 Å². The molecule has 3 heteroatoms. The Kier molecular flexibility index (Phi) is 5.11. The monoisotopic (exact) mass is 338 g/mol. The number of halogens is 1. The number of nitrogens with one attached hydrogen (secondary N) is 1. The molecule has 0 aliphatic heterocycles. The number of aromatic nitrogens is 1. The van der Waals surface area contributed by atoms with Crippen LogP contribution in [0.15, 0.2) is 16.7 Å². The van der Waals surface area contributed by atoms with Crippen LogP contribution < -0.4 is 5.32 Å². The first kappa shape index (κ1) is 15.8. The van der Waals surface area contributed by atoms with E-state index in [-0.39, 0.29) is 0 Å². The van der Waals surface area contributed by atoms with Gasteiger partial charge in [-0.1, -0.05) is 27.2 Å². The zero-order chi connectivity index (χ0) is 14.8. The number of nitrogens with zero attached hydrogens (tertiary/aromatic N) is 1. The van der Waals surface area contributed by atoms with Crippen LogP contribution in [-0.2, 0) is 0 Å². The highest BCUT2D eigenvalue weighted by atomic mass is 79.9. The quantitative estimate of drug-likeness (QED) is 0.564. The number of anilines is 1. The van der Waals surface area contributed by atoms with Gasteiger partial charge in [0.2, 0.25) is 0 Å². The van der Waals surface area contributed by atoms with Gasteiger partial charge in [0.1, 0.15) is 4.60 Å². The lowest BCUT2D eigenvalue weighted by Crippen LogP contribution is -2.22. The van der Waals surface area contributed by atoms with E-state index in [0.717, 1.165) is 16.2 Å². The summed E-state index contributed by atoms with van der Waals surface area (Å²) in [6.07, 6.45) is 6.60. The summed E-state index contributed by atoms with van der Waals surface area (Å²) in [7, 11) is 0. The highest BCUT2D eigenvalue weighted by molar-refractivity contribution is 9.10. The average molecular weight is 339 g/mol. The Balaban J connectivity index is 1.97. The fourth-order valence-corrected chi connectivity index (χ4v) is 3.61. The van der Waals surface area contributed by atoms with E-state index in [2.05, 4.69) is 60.0 Å². The lowest BCUT2D eigenvalue weighted by Gasteiger charge is -2.29. The second kappa shape index (κ2) is 6.46. The molecule has 20 heavy (non-hydrogen) atoms. The molecule has 0 spiro atoms. The van der Waals surface area contributed by atoms with Crippen molar-refractivity contribution < 1.29 is 0 Å². The molecule has 1 aliphatic rings. The van der Waals surface area contributed by atoms with Crippen LogP contribution in [0.4, 0.5) is 5.69 Å². The molecule has 2 rings (SSSR count). The number of aryl methyl sites for hydroxylation is 1. The first-order chi connectivity index (χ1) is 9.36. The zero-order valence-corrected chi connectivity index (χ0v) is 14.8. The van der Waals surface area contributed by atoms with Crippen LogP contribution in [0.5, 0.6) is 0 Å². The maximum absolute atomic E-state index is 4.47. The van der Waals surface area contributed by atoms with E-state index in [0.29, 0.717) is 11.5 Å². The molecule has 0 saturated heterocycles. The Morgan fingerprint density at radius 3 is 2.55 bits per heavy atom. The van der Waals surface area contributed by atoms with Gasteiger partial charge in [-0.05, 0) is 72.0 Å². The van der Waals surface area contributed by atoms with Crippen molar-refractivity contribution in [2.75, 3.05) is 5.32 Å². The standard InChI is InChI=1S/C17H27BrN2/c1-12-15(10-11-16(18)19-12)20-14-7-5-6-13(8-9-14)17(2,3)4/h10-11,13-14,20H,5-9H2,1-4H3. The largest absolute Gasteiger partial charge is 0.381 e. The van der Waals surface area contributed by atoms with Crippen molar-refractivity contribution in [1.82, 2.24) is 4.98 Å². The van der Waals surface area contributed by atoms with Crippen molar-refractivity contribution in [2.24, 2.45) is 11.3 Å². The fourth-order valence-electron chi connectivity index (χ4n) is 3.21. The summed E-state index contributed by atoms with van der Waals surface area (Å²) >= 11 is 3.42. The smallest absolute Gasteiger partial charge is 0.106 e. The van der Waals surface area contributed by atoms with Crippen LogP contribution in [-0.4, -0.2) is 11.0 Å². The third kappa shape index (κ3) is 4.21. The molecule has 2 atom stereocenters. The SMILES string of the molecule is Cc1nc(Br)ccc1NC1CCCC(C(C)(C)C)CC1. The van der Waals surface area contributed by atoms with Gasteiger partial charge in [0.15, 0.2) is 0 Å². The minimum absolute atomic E-state index is 0.448. The van der Waals surface area contributed by atoms with E-state index in [1.54, 1.807) is 0 Å². The van der Waals surface area contributed by atoms with E-state index in [9.17, 15) is 0 Å². The maximum Gasteiger partial charge on any atom is 0.106 e. The number of hydrogen-bond acceptors (Lipinski definition) is 2. The summed E-state index contributed by atoms with van der Waals surface area (Å²) in [5.74, 6) is 0.860. The van der Waals surface area contributed by atoms with Gasteiger partial charge in [-0.15, -0.1) is 0 Å².